The first-order valence-electron chi connectivity index (χ1n) is 8.86. The molecule has 26 heavy (non-hydrogen) atoms. The second-order valence-corrected chi connectivity index (χ2v) is 6.86. The lowest BCUT2D eigenvalue weighted by atomic mass is 9.99. The van der Waals surface area contributed by atoms with E-state index in [-0.39, 0.29) is 6.03 Å². The molecule has 1 aromatic heterocycles. The Morgan fingerprint density at radius 2 is 1.92 bits per heavy atom. The number of rotatable bonds is 2. The van der Waals surface area contributed by atoms with E-state index in [0.29, 0.717) is 22.5 Å². The third-order valence-corrected chi connectivity index (χ3v) is 5.08. The van der Waals surface area contributed by atoms with Crippen molar-refractivity contribution in [1.82, 2.24) is 19.9 Å². The van der Waals surface area contributed by atoms with Crippen LogP contribution in [-0.2, 0) is 0 Å². The number of likely N-dealkylation sites (tertiary alicyclic amines) is 1. The van der Waals surface area contributed by atoms with Gasteiger partial charge in [-0.1, -0.05) is 42.5 Å². The standard InChI is InChI=1S/C20H20N4O2/c1-14-8-10-23(11-9-14)20(26)24-19-7-6-15(12-18(19)21-22-24)17-5-3-2-4-16(17)13-25/h2-7,12-14H,8-11H2,1H3. The highest BCUT2D eigenvalue weighted by Crippen LogP contribution is 2.26. The van der Waals surface area contributed by atoms with E-state index in [4.69, 9.17) is 0 Å². The average molecular weight is 348 g/mol. The maximum absolute atomic E-state index is 12.8. The molecule has 1 amide bonds. The third kappa shape index (κ3) is 2.87. The van der Waals surface area contributed by atoms with Crippen molar-refractivity contribution in [3.63, 3.8) is 0 Å². The number of aldehydes is 1. The lowest BCUT2D eigenvalue weighted by molar-refractivity contribution is 0.112. The molecule has 0 saturated carbocycles. The maximum atomic E-state index is 12.8. The summed E-state index contributed by atoms with van der Waals surface area (Å²) < 4.78 is 1.38. The van der Waals surface area contributed by atoms with Crippen molar-refractivity contribution in [3.05, 3.63) is 48.0 Å². The Kier molecular flexibility index (Phi) is 4.24. The predicted molar refractivity (Wildman–Crippen MR) is 99.1 cm³/mol. The SMILES string of the molecule is CC1CCN(C(=O)n2nnc3cc(-c4ccccc4C=O)ccc32)CC1. The van der Waals surface area contributed by atoms with E-state index in [0.717, 1.165) is 43.3 Å². The van der Waals surface area contributed by atoms with Crippen molar-refractivity contribution >= 4 is 23.4 Å². The molecule has 0 N–H and O–H groups in total. The molecule has 0 radical (unpaired) electrons. The van der Waals surface area contributed by atoms with Crippen molar-refractivity contribution in [3.8, 4) is 11.1 Å². The first-order chi connectivity index (χ1) is 12.7. The summed E-state index contributed by atoms with van der Waals surface area (Å²) in [5.74, 6) is 0.659. The van der Waals surface area contributed by atoms with Gasteiger partial charge < -0.3 is 4.90 Å². The molecule has 0 unspecified atom stereocenters. The number of carbonyl (C=O) groups excluding carboxylic acids is 2. The highest BCUT2D eigenvalue weighted by molar-refractivity contribution is 5.93. The van der Waals surface area contributed by atoms with E-state index >= 15 is 0 Å². The largest absolute Gasteiger partial charge is 0.346 e. The molecule has 1 fully saturated rings. The number of fused-ring (bicyclic) bond motifs is 1. The molecule has 2 aromatic carbocycles. The van der Waals surface area contributed by atoms with Gasteiger partial charge in [-0.3, -0.25) is 4.79 Å². The number of piperidine rings is 1. The Hall–Kier alpha value is -3.02. The zero-order valence-electron chi connectivity index (χ0n) is 14.6. The number of hydrogen-bond acceptors (Lipinski definition) is 4. The first kappa shape index (κ1) is 16.4. The van der Waals surface area contributed by atoms with Crippen LogP contribution in [0.25, 0.3) is 22.2 Å². The van der Waals surface area contributed by atoms with Crippen LogP contribution in [0.2, 0.25) is 0 Å². The van der Waals surface area contributed by atoms with Gasteiger partial charge in [0.05, 0.1) is 5.52 Å². The van der Waals surface area contributed by atoms with E-state index in [2.05, 4.69) is 17.2 Å². The Balaban J connectivity index is 1.68. The van der Waals surface area contributed by atoms with Crippen LogP contribution in [0.15, 0.2) is 42.5 Å². The lowest BCUT2D eigenvalue weighted by Gasteiger charge is -2.29. The molecule has 1 aliphatic rings. The van der Waals surface area contributed by atoms with E-state index in [9.17, 15) is 9.59 Å². The van der Waals surface area contributed by atoms with Gasteiger partial charge in [0, 0.05) is 18.7 Å². The second kappa shape index (κ2) is 6.71. The fourth-order valence-corrected chi connectivity index (χ4v) is 3.43. The summed E-state index contributed by atoms with van der Waals surface area (Å²) in [6, 6.07) is 12.9. The topological polar surface area (TPSA) is 68.1 Å². The summed E-state index contributed by atoms with van der Waals surface area (Å²) in [5.41, 5.74) is 3.67. The summed E-state index contributed by atoms with van der Waals surface area (Å²) in [5, 5.41) is 8.24. The molecular weight excluding hydrogens is 328 g/mol. The van der Waals surface area contributed by atoms with Crippen molar-refractivity contribution in [1.29, 1.82) is 0 Å². The summed E-state index contributed by atoms with van der Waals surface area (Å²) in [6.07, 6.45) is 2.88. The molecule has 3 aromatic rings. The normalized spacial score (nSPS) is 15.3. The molecule has 132 valence electrons. The van der Waals surface area contributed by atoms with Crippen LogP contribution < -0.4 is 0 Å². The van der Waals surface area contributed by atoms with Gasteiger partial charge >= 0.3 is 6.03 Å². The Morgan fingerprint density at radius 1 is 1.15 bits per heavy atom. The highest BCUT2D eigenvalue weighted by Gasteiger charge is 2.23. The minimum absolute atomic E-state index is 0.125. The lowest BCUT2D eigenvalue weighted by Crippen LogP contribution is -2.40. The van der Waals surface area contributed by atoms with Gasteiger partial charge in [-0.05, 0) is 42.0 Å². The summed E-state index contributed by atoms with van der Waals surface area (Å²) >= 11 is 0. The van der Waals surface area contributed by atoms with E-state index in [1.165, 1.54) is 4.68 Å². The zero-order chi connectivity index (χ0) is 18.1. The Labute approximate surface area is 151 Å². The molecule has 4 rings (SSSR count). The van der Waals surface area contributed by atoms with E-state index in [1.54, 1.807) is 6.07 Å². The summed E-state index contributed by atoms with van der Waals surface area (Å²) in [7, 11) is 0. The molecule has 1 aliphatic heterocycles. The molecule has 2 heterocycles. The molecule has 6 nitrogen and oxygen atoms in total. The van der Waals surface area contributed by atoms with Crippen LogP contribution in [0.5, 0.6) is 0 Å². The second-order valence-electron chi connectivity index (χ2n) is 6.86. The van der Waals surface area contributed by atoms with Gasteiger partial charge in [0.15, 0.2) is 6.29 Å². The molecule has 0 atom stereocenters. The number of hydrogen-bond donors (Lipinski definition) is 0. The fraction of sp³-hybridized carbons (Fsp3) is 0.300. The van der Waals surface area contributed by atoms with Crippen LogP contribution in [-0.4, -0.2) is 45.3 Å². The van der Waals surface area contributed by atoms with Crippen molar-refractivity contribution in [2.75, 3.05) is 13.1 Å². The van der Waals surface area contributed by atoms with Crippen LogP contribution >= 0.6 is 0 Å². The Morgan fingerprint density at radius 3 is 2.69 bits per heavy atom. The third-order valence-electron chi connectivity index (χ3n) is 5.08. The van der Waals surface area contributed by atoms with Gasteiger partial charge in [0.25, 0.3) is 0 Å². The molecular formula is C20H20N4O2. The van der Waals surface area contributed by atoms with Crippen molar-refractivity contribution in [2.24, 2.45) is 5.92 Å². The van der Waals surface area contributed by atoms with Gasteiger partial charge in [-0.25, -0.2) is 4.79 Å². The first-order valence-corrected chi connectivity index (χ1v) is 8.86. The van der Waals surface area contributed by atoms with E-state index < -0.39 is 0 Å². The van der Waals surface area contributed by atoms with Gasteiger partial charge in [-0.2, -0.15) is 4.68 Å². The average Bonchev–Trinajstić information content (AvgIpc) is 3.11. The van der Waals surface area contributed by atoms with E-state index in [1.807, 2.05) is 41.3 Å². The molecule has 0 bridgehead atoms. The minimum atomic E-state index is -0.125. The number of carbonyl (C=O) groups is 2. The van der Waals surface area contributed by atoms with Gasteiger partial charge in [0.2, 0.25) is 0 Å². The number of amides is 1. The van der Waals surface area contributed by atoms with Crippen molar-refractivity contribution in [2.45, 2.75) is 19.8 Å². The Bertz CT molecular complexity index is 971. The van der Waals surface area contributed by atoms with Gasteiger partial charge in [0.1, 0.15) is 5.52 Å². The minimum Gasteiger partial charge on any atom is -0.323 e. The van der Waals surface area contributed by atoms with Crippen LogP contribution in [0.1, 0.15) is 30.1 Å². The van der Waals surface area contributed by atoms with Crippen LogP contribution in [0.4, 0.5) is 4.79 Å². The number of benzene rings is 2. The molecule has 0 spiro atoms. The highest BCUT2D eigenvalue weighted by atomic mass is 16.2. The van der Waals surface area contributed by atoms with Crippen LogP contribution in [0.3, 0.4) is 0 Å². The van der Waals surface area contributed by atoms with Crippen molar-refractivity contribution < 1.29 is 9.59 Å². The molecule has 0 aliphatic carbocycles. The van der Waals surface area contributed by atoms with Crippen LogP contribution in [0, 0.1) is 5.92 Å². The maximum Gasteiger partial charge on any atom is 0.346 e. The summed E-state index contributed by atoms with van der Waals surface area (Å²) in [6.45, 7) is 3.73. The smallest absolute Gasteiger partial charge is 0.323 e. The number of nitrogens with zero attached hydrogens (tertiary/aromatic N) is 4. The van der Waals surface area contributed by atoms with Gasteiger partial charge in [-0.15, -0.1) is 5.10 Å². The molecule has 6 heteroatoms. The quantitative estimate of drug-likeness (QED) is 0.664. The molecule has 1 saturated heterocycles. The monoisotopic (exact) mass is 348 g/mol. The number of aromatic nitrogens is 3. The predicted octanol–water partition coefficient (Wildman–Crippen LogP) is 3.61. The summed E-state index contributed by atoms with van der Waals surface area (Å²) in [4.78, 5) is 25.9. The fourth-order valence-electron chi connectivity index (χ4n) is 3.43. The zero-order valence-corrected chi connectivity index (χ0v) is 14.6.